The molecule has 1 amide bonds. The lowest BCUT2D eigenvalue weighted by atomic mass is 10.1. The number of phenols is 1. The van der Waals surface area contributed by atoms with Crippen LogP contribution in [0.2, 0.25) is 0 Å². The highest BCUT2D eigenvalue weighted by Gasteiger charge is 2.25. The number of amides is 1. The van der Waals surface area contributed by atoms with Crippen LogP contribution in [0.3, 0.4) is 0 Å². The lowest BCUT2D eigenvalue weighted by Gasteiger charge is -2.16. The number of hydrogen-bond acceptors (Lipinski definition) is 7. The molecule has 0 bridgehead atoms. The normalized spacial score (nSPS) is 11.3. The molecular formula is C27H24FN3O5S. The van der Waals surface area contributed by atoms with E-state index >= 15 is 0 Å². The van der Waals surface area contributed by atoms with Crippen molar-refractivity contribution in [2.45, 2.75) is 32.7 Å². The van der Waals surface area contributed by atoms with Gasteiger partial charge in [0.05, 0.1) is 5.69 Å². The zero-order valence-electron chi connectivity index (χ0n) is 20.5. The number of phenolic OH excluding ortho intramolecular Hbond substituents is 1. The zero-order valence-corrected chi connectivity index (χ0v) is 21.4. The molecule has 0 spiro atoms. The number of carbonyl (C=O) groups is 1. The number of ether oxygens (including phenoxy) is 1. The summed E-state index contributed by atoms with van der Waals surface area (Å²) in [6.45, 7) is 7.21. The molecule has 10 heteroatoms. The lowest BCUT2D eigenvalue weighted by molar-refractivity contribution is 0.0978. The maximum Gasteiger partial charge on any atom is 0.281 e. The van der Waals surface area contributed by atoms with Crippen LogP contribution in [-0.4, -0.2) is 29.4 Å². The average Bonchev–Trinajstić information content (AvgIpc) is 2.82. The summed E-state index contributed by atoms with van der Waals surface area (Å²) >= 11 is 0. The van der Waals surface area contributed by atoms with E-state index in [9.17, 15) is 22.7 Å². The van der Waals surface area contributed by atoms with Crippen LogP contribution in [0.15, 0.2) is 65.7 Å². The molecule has 2 heterocycles. The Bertz CT molecular complexity index is 1610. The van der Waals surface area contributed by atoms with Crippen molar-refractivity contribution in [2.75, 3.05) is 0 Å². The minimum atomic E-state index is -4.30. The van der Waals surface area contributed by atoms with E-state index in [4.69, 9.17) is 4.74 Å². The Hall–Kier alpha value is -4.31. The molecule has 0 unspecified atom stereocenters. The maximum absolute atomic E-state index is 13.9. The van der Waals surface area contributed by atoms with Crippen LogP contribution in [-0.2, 0) is 10.0 Å². The molecule has 190 valence electrons. The van der Waals surface area contributed by atoms with E-state index in [1.807, 2.05) is 37.6 Å². The minimum Gasteiger partial charge on any atom is -0.507 e. The van der Waals surface area contributed by atoms with E-state index in [1.165, 1.54) is 30.3 Å². The molecule has 37 heavy (non-hydrogen) atoms. The van der Waals surface area contributed by atoms with E-state index in [-0.39, 0.29) is 33.5 Å². The Morgan fingerprint density at radius 3 is 2.32 bits per heavy atom. The standard InChI is InChI=1S/C27H24FN3O5S/c1-15-12-16(2)25(17(3)13-15)36-27-20(9-10-22(30-27)21-14-19(28)8-11-23(21)32)26(33)31-37(34,35)24-7-5-6-18(4)29-24/h5-14,32H,1-4H3,(H,31,33). The minimum absolute atomic E-state index is 0.0748. The second-order valence-corrected chi connectivity index (χ2v) is 10.2. The maximum atomic E-state index is 13.9. The van der Waals surface area contributed by atoms with Gasteiger partial charge in [-0.25, -0.2) is 19.1 Å². The van der Waals surface area contributed by atoms with Gasteiger partial charge < -0.3 is 9.84 Å². The van der Waals surface area contributed by atoms with Crippen LogP contribution in [0.5, 0.6) is 17.4 Å². The number of pyridine rings is 2. The second-order valence-electron chi connectivity index (χ2n) is 8.59. The first-order valence-corrected chi connectivity index (χ1v) is 12.7. The monoisotopic (exact) mass is 521 g/mol. The van der Waals surface area contributed by atoms with Gasteiger partial charge in [-0.05, 0) is 81.3 Å². The van der Waals surface area contributed by atoms with Crippen LogP contribution in [0.1, 0.15) is 32.7 Å². The van der Waals surface area contributed by atoms with Crippen LogP contribution in [0, 0.1) is 33.5 Å². The Morgan fingerprint density at radius 1 is 0.946 bits per heavy atom. The Morgan fingerprint density at radius 2 is 1.65 bits per heavy atom. The van der Waals surface area contributed by atoms with E-state index in [1.54, 1.807) is 13.0 Å². The van der Waals surface area contributed by atoms with Crippen molar-refractivity contribution in [3.8, 4) is 28.6 Å². The van der Waals surface area contributed by atoms with Crippen molar-refractivity contribution in [2.24, 2.45) is 0 Å². The third-order valence-corrected chi connectivity index (χ3v) is 6.74. The summed E-state index contributed by atoms with van der Waals surface area (Å²) in [4.78, 5) is 21.5. The van der Waals surface area contributed by atoms with E-state index in [0.29, 0.717) is 11.4 Å². The molecule has 2 aromatic heterocycles. The predicted octanol–water partition coefficient (Wildman–Crippen LogP) is 5.13. The highest BCUT2D eigenvalue weighted by molar-refractivity contribution is 7.90. The van der Waals surface area contributed by atoms with Crippen molar-refractivity contribution in [3.05, 3.63) is 94.4 Å². The summed E-state index contributed by atoms with van der Waals surface area (Å²) in [6.07, 6.45) is 0. The fourth-order valence-electron chi connectivity index (χ4n) is 3.88. The molecule has 0 radical (unpaired) electrons. The molecule has 2 aromatic carbocycles. The first kappa shape index (κ1) is 25.8. The molecular weight excluding hydrogens is 497 g/mol. The largest absolute Gasteiger partial charge is 0.507 e. The number of aromatic nitrogens is 2. The smallest absolute Gasteiger partial charge is 0.281 e. The van der Waals surface area contributed by atoms with E-state index in [2.05, 4.69) is 9.97 Å². The van der Waals surface area contributed by atoms with Gasteiger partial charge in [0.15, 0.2) is 5.03 Å². The number of nitrogens with zero attached hydrogens (tertiary/aromatic N) is 2. The Balaban J connectivity index is 1.81. The van der Waals surface area contributed by atoms with Gasteiger partial charge >= 0.3 is 0 Å². The summed E-state index contributed by atoms with van der Waals surface area (Å²) in [5.74, 6) is -1.62. The first-order valence-electron chi connectivity index (χ1n) is 11.2. The third-order valence-electron chi connectivity index (χ3n) is 5.51. The summed E-state index contributed by atoms with van der Waals surface area (Å²) in [5.41, 5.74) is 3.01. The highest BCUT2D eigenvalue weighted by atomic mass is 32.2. The molecule has 0 saturated heterocycles. The van der Waals surface area contributed by atoms with Gasteiger partial charge in [-0.3, -0.25) is 4.79 Å². The van der Waals surface area contributed by atoms with Crippen molar-refractivity contribution in [1.82, 2.24) is 14.7 Å². The Kier molecular flexibility index (Phi) is 6.95. The van der Waals surface area contributed by atoms with Gasteiger partial charge in [0.1, 0.15) is 22.9 Å². The zero-order chi connectivity index (χ0) is 26.9. The van der Waals surface area contributed by atoms with E-state index in [0.717, 1.165) is 28.8 Å². The van der Waals surface area contributed by atoms with Crippen molar-refractivity contribution >= 4 is 15.9 Å². The highest BCUT2D eigenvalue weighted by Crippen LogP contribution is 2.35. The van der Waals surface area contributed by atoms with Crippen LogP contribution < -0.4 is 9.46 Å². The number of carbonyl (C=O) groups excluding carboxylic acids is 1. The number of aryl methyl sites for hydroxylation is 4. The lowest BCUT2D eigenvalue weighted by Crippen LogP contribution is -2.31. The molecule has 0 fully saturated rings. The van der Waals surface area contributed by atoms with Crippen molar-refractivity contribution in [3.63, 3.8) is 0 Å². The summed E-state index contributed by atoms with van der Waals surface area (Å²) in [6, 6.07) is 14.2. The van der Waals surface area contributed by atoms with Crippen LogP contribution >= 0.6 is 0 Å². The number of sulfonamides is 1. The quantitative estimate of drug-likeness (QED) is 0.361. The average molecular weight is 522 g/mol. The van der Waals surface area contributed by atoms with Gasteiger partial charge in [-0.1, -0.05) is 23.8 Å². The Labute approximate surface area is 213 Å². The van der Waals surface area contributed by atoms with Crippen molar-refractivity contribution in [1.29, 1.82) is 0 Å². The number of aromatic hydroxyl groups is 1. The molecule has 8 nitrogen and oxygen atoms in total. The SMILES string of the molecule is Cc1cc(C)c(Oc2nc(-c3cc(F)ccc3O)ccc2C(=O)NS(=O)(=O)c2cccc(C)n2)c(C)c1. The molecule has 0 atom stereocenters. The molecule has 0 aliphatic heterocycles. The number of hydrogen-bond donors (Lipinski definition) is 2. The molecule has 4 rings (SSSR count). The predicted molar refractivity (Wildman–Crippen MR) is 136 cm³/mol. The van der Waals surface area contributed by atoms with Gasteiger partial charge in [0.2, 0.25) is 5.88 Å². The topological polar surface area (TPSA) is 118 Å². The molecule has 0 saturated carbocycles. The fraction of sp³-hybridized carbons (Fsp3) is 0.148. The molecule has 0 aliphatic rings. The molecule has 4 aromatic rings. The van der Waals surface area contributed by atoms with Crippen LogP contribution in [0.25, 0.3) is 11.3 Å². The summed E-state index contributed by atoms with van der Waals surface area (Å²) in [5, 5.41) is 9.94. The number of halogens is 1. The number of rotatable bonds is 6. The number of benzene rings is 2. The van der Waals surface area contributed by atoms with Gasteiger partial charge in [-0.15, -0.1) is 0 Å². The van der Waals surface area contributed by atoms with Gasteiger partial charge in [0.25, 0.3) is 15.9 Å². The summed E-state index contributed by atoms with van der Waals surface area (Å²) < 4.78 is 47.6. The van der Waals surface area contributed by atoms with Gasteiger partial charge in [-0.2, -0.15) is 8.42 Å². The second kappa shape index (κ2) is 9.98. The first-order chi connectivity index (χ1) is 17.4. The van der Waals surface area contributed by atoms with Crippen molar-refractivity contribution < 1.29 is 27.4 Å². The fourth-order valence-corrected chi connectivity index (χ4v) is 4.86. The summed E-state index contributed by atoms with van der Waals surface area (Å²) in [7, 11) is -4.30. The molecule has 2 N–H and O–H groups in total. The van der Waals surface area contributed by atoms with Gasteiger partial charge in [0, 0.05) is 11.3 Å². The molecule has 0 aliphatic carbocycles. The number of nitrogens with one attached hydrogen (secondary N) is 1. The third kappa shape index (κ3) is 5.59. The van der Waals surface area contributed by atoms with Crippen LogP contribution in [0.4, 0.5) is 4.39 Å². The van der Waals surface area contributed by atoms with E-state index < -0.39 is 21.7 Å².